The molecule has 1 aliphatic rings. The molecular formula is C19H28N8O. The first-order chi connectivity index (χ1) is 13.5. The van der Waals surface area contributed by atoms with Crippen molar-refractivity contribution in [2.24, 2.45) is 22.1 Å². The topological polar surface area (TPSA) is 120 Å². The molecule has 2 aromatic rings. The van der Waals surface area contributed by atoms with Crippen LogP contribution in [0, 0.1) is 18.3 Å². The number of nitrogens with zero attached hydrogens (tertiary/aromatic N) is 6. The molecule has 1 aromatic carbocycles. The summed E-state index contributed by atoms with van der Waals surface area (Å²) in [4.78, 5) is 8.90. The van der Waals surface area contributed by atoms with Crippen molar-refractivity contribution in [3.05, 3.63) is 41.0 Å². The molecule has 0 saturated carbocycles. The van der Waals surface area contributed by atoms with Crippen molar-refractivity contribution in [2.75, 3.05) is 31.1 Å². The van der Waals surface area contributed by atoms with Gasteiger partial charge < -0.3 is 15.3 Å². The third-order valence-corrected chi connectivity index (χ3v) is 4.77. The second kappa shape index (κ2) is 8.92. The molecule has 3 N–H and O–H groups in total. The van der Waals surface area contributed by atoms with Crippen molar-refractivity contribution >= 4 is 11.5 Å². The highest BCUT2D eigenvalue weighted by atomic mass is 16.5. The maximum absolute atomic E-state index is 8.19. The Bertz CT molecular complexity index is 836. The van der Waals surface area contributed by atoms with Crippen molar-refractivity contribution in [3.8, 4) is 0 Å². The molecular weight excluding hydrogens is 356 g/mol. The second-order valence-corrected chi connectivity index (χ2v) is 7.51. The van der Waals surface area contributed by atoms with Gasteiger partial charge in [0.1, 0.15) is 0 Å². The number of hydrogen-bond acceptors (Lipinski definition) is 7. The fourth-order valence-corrected chi connectivity index (χ4v) is 3.50. The van der Waals surface area contributed by atoms with Crippen LogP contribution in [-0.2, 0) is 13.0 Å². The van der Waals surface area contributed by atoms with Gasteiger partial charge >= 0.3 is 0 Å². The number of hydrogen-bond donors (Lipinski definition) is 2. The van der Waals surface area contributed by atoms with Crippen LogP contribution in [0.4, 0.5) is 5.69 Å². The second-order valence-electron chi connectivity index (χ2n) is 7.51. The predicted octanol–water partition coefficient (Wildman–Crippen LogP) is 2.55. The molecule has 3 rings (SSSR count). The highest BCUT2D eigenvalue weighted by molar-refractivity contribution is 6.02. The maximum atomic E-state index is 8.19. The molecule has 0 amide bonds. The van der Waals surface area contributed by atoms with Crippen LogP contribution in [0.25, 0.3) is 0 Å². The van der Waals surface area contributed by atoms with Gasteiger partial charge in [-0.2, -0.15) is 4.98 Å². The summed E-state index contributed by atoms with van der Waals surface area (Å²) >= 11 is 0. The zero-order valence-corrected chi connectivity index (χ0v) is 16.7. The first kappa shape index (κ1) is 19.9. The summed E-state index contributed by atoms with van der Waals surface area (Å²) in [5, 5.41) is 19.2. The van der Waals surface area contributed by atoms with Crippen LogP contribution >= 0.6 is 0 Å². The first-order valence-corrected chi connectivity index (χ1v) is 9.55. The van der Waals surface area contributed by atoms with Crippen LogP contribution < -0.4 is 10.7 Å². The Hall–Kier alpha value is -2.81. The summed E-state index contributed by atoms with van der Waals surface area (Å²) in [6.45, 7) is 10.4. The van der Waals surface area contributed by atoms with E-state index in [9.17, 15) is 0 Å². The fraction of sp³-hybridized carbons (Fsp3) is 0.526. The summed E-state index contributed by atoms with van der Waals surface area (Å²) in [6, 6.07) is 6.20. The lowest BCUT2D eigenvalue weighted by Gasteiger charge is -2.36. The molecule has 0 atom stereocenters. The molecule has 1 aromatic heterocycles. The van der Waals surface area contributed by atoms with Crippen molar-refractivity contribution in [1.29, 1.82) is 5.41 Å². The van der Waals surface area contributed by atoms with Gasteiger partial charge in [0.05, 0.1) is 6.54 Å². The van der Waals surface area contributed by atoms with Crippen molar-refractivity contribution < 1.29 is 4.52 Å². The predicted molar refractivity (Wildman–Crippen MR) is 107 cm³/mol. The minimum atomic E-state index is 0.0818. The van der Waals surface area contributed by atoms with E-state index >= 15 is 0 Å². The molecule has 2 heterocycles. The largest absolute Gasteiger partial charge is 0.368 e. The molecule has 1 saturated heterocycles. The number of anilines is 1. The van der Waals surface area contributed by atoms with Gasteiger partial charge in [0.2, 0.25) is 5.89 Å². The molecule has 28 heavy (non-hydrogen) atoms. The third-order valence-electron chi connectivity index (χ3n) is 4.77. The van der Waals surface area contributed by atoms with Gasteiger partial charge in [0.15, 0.2) is 11.7 Å². The third kappa shape index (κ3) is 4.92. The number of rotatable bonds is 6. The summed E-state index contributed by atoms with van der Waals surface area (Å²) in [5.41, 5.74) is 3.03. The summed E-state index contributed by atoms with van der Waals surface area (Å²) < 4.78 is 5.06. The average molecular weight is 384 g/mol. The lowest BCUT2D eigenvalue weighted by molar-refractivity contribution is 0.240. The molecule has 0 radical (unpaired) electrons. The zero-order chi connectivity index (χ0) is 20.1. The Morgan fingerprint density at radius 3 is 2.64 bits per heavy atom. The van der Waals surface area contributed by atoms with E-state index in [0.29, 0.717) is 18.4 Å². The zero-order valence-electron chi connectivity index (χ0n) is 16.7. The van der Waals surface area contributed by atoms with E-state index in [4.69, 9.17) is 15.8 Å². The molecule has 0 bridgehead atoms. The Morgan fingerprint density at radius 1 is 1.29 bits per heavy atom. The Labute approximate surface area is 165 Å². The first-order valence-electron chi connectivity index (χ1n) is 9.55. The molecule has 150 valence electrons. The van der Waals surface area contributed by atoms with Gasteiger partial charge in [0, 0.05) is 44.4 Å². The Balaban J connectivity index is 1.74. The van der Waals surface area contributed by atoms with Crippen molar-refractivity contribution in [2.45, 2.75) is 33.7 Å². The number of piperazine rings is 1. The summed E-state index contributed by atoms with van der Waals surface area (Å²) in [5.74, 6) is 7.12. The van der Waals surface area contributed by atoms with E-state index in [1.165, 1.54) is 5.56 Å². The average Bonchev–Trinajstić information content (AvgIpc) is 3.07. The van der Waals surface area contributed by atoms with Crippen molar-refractivity contribution in [1.82, 2.24) is 15.0 Å². The van der Waals surface area contributed by atoms with Crippen LogP contribution in [0.15, 0.2) is 33.1 Å². The maximum Gasteiger partial charge on any atom is 0.223 e. The minimum Gasteiger partial charge on any atom is -0.368 e. The summed E-state index contributed by atoms with van der Waals surface area (Å²) in [6.07, 6.45) is 0.996. The smallest absolute Gasteiger partial charge is 0.223 e. The normalized spacial score (nSPS) is 15.6. The van der Waals surface area contributed by atoms with Crippen molar-refractivity contribution in [3.63, 3.8) is 0 Å². The molecule has 9 heteroatoms. The minimum absolute atomic E-state index is 0.0818. The van der Waals surface area contributed by atoms with Crippen LogP contribution in [0.5, 0.6) is 0 Å². The van der Waals surface area contributed by atoms with Gasteiger partial charge in [-0.3, -0.25) is 10.3 Å². The highest BCUT2D eigenvalue weighted by Crippen LogP contribution is 2.26. The molecule has 0 spiro atoms. The molecule has 0 unspecified atom stereocenters. The van der Waals surface area contributed by atoms with E-state index in [-0.39, 0.29) is 5.84 Å². The van der Waals surface area contributed by atoms with E-state index in [0.717, 1.165) is 49.7 Å². The van der Waals surface area contributed by atoms with E-state index < -0.39 is 0 Å². The van der Waals surface area contributed by atoms with Gasteiger partial charge in [-0.25, -0.2) is 0 Å². The standard InChI is InChI=1S/C19H28N8O/c1-13(2)10-15-4-5-16(19(20)23-25-21)17(11-15)27-8-6-26(7-9-27)12-18-22-14(3)28-24-18/h4-5,11,13H,6-10,12H2,1-3H3,(H3,20,21,23). The van der Waals surface area contributed by atoms with Gasteiger partial charge in [-0.05, 0) is 30.0 Å². The van der Waals surface area contributed by atoms with Gasteiger partial charge in [-0.1, -0.05) is 30.3 Å². The summed E-state index contributed by atoms with van der Waals surface area (Å²) in [7, 11) is 0. The Kier molecular flexibility index (Phi) is 6.35. The quantitative estimate of drug-likeness (QED) is 0.260. The number of aryl methyl sites for hydroxylation is 1. The van der Waals surface area contributed by atoms with Crippen LogP contribution in [0.1, 0.15) is 36.7 Å². The lowest BCUT2D eigenvalue weighted by atomic mass is 9.99. The number of nitrogens with two attached hydrogens (primary N) is 1. The van der Waals surface area contributed by atoms with E-state index in [2.05, 4.69) is 56.3 Å². The number of amidine groups is 1. The molecule has 1 aliphatic heterocycles. The van der Waals surface area contributed by atoms with Crippen LogP contribution in [0.3, 0.4) is 0 Å². The number of benzene rings is 1. The molecule has 1 fully saturated rings. The highest BCUT2D eigenvalue weighted by Gasteiger charge is 2.22. The fourth-order valence-electron chi connectivity index (χ4n) is 3.50. The molecule has 0 aliphatic carbocycles. The monoisotopic (exact) mass is 384 g/mol. The van der Waals surface area contributed by atoms with Gasteiger partial charge in [0.25, 0.3) is 0 Å². The van der Waals surface area contributed by atoms with Crippen LogP contribution in [-0.4, -0.2) is 47.1 Å². The Morgan fingerprint density at radius 2 is 2.04 bits per heavy atom. The number of nitrogens with one attached hydrogen (secondary N) is 1. The van der Waals surface area contributed by atoms with E-state index in [1.807, 2.05) is 6.07 Å². The SMILES string of the molecule is Cc1nc(CN2CCN(c3cc(CC(C)C)ccc3C(=N)N=NN)CC2)no1. The van der Waals surface area contributed by atoms with Crippen LogP contribution in [0.2, 0.25) is 0 Å². The molecule has 9 nitrogen and oxygen atoms in total. The van der Waals surface area contributed by atoms with Gasteiger partial charge in [-0.15, -0.1) is 5.11 Å². The lowest BCUT2D eigenvalue weighted by Crippen LogP contribution is -2.46. The van der Waals surface area contributed by atoms with E-state index in [1.54, 1.807) is 6.92 Å². The number of aromatic nitrogens is 2.